The van der Waals surface area contributed by atoms with Crippen molar-refractivity contribution >= 4 is 52.0 Å². The second-order valence-corrected chi connectivity index (χ2v) is 15.1. The lowest BCUT2D eigenvalue weighted by Crippen LogP contribution is -2.43. The molecule has 0 fully saturated rings. The molecule has 0 bridgehead atoms. The lowest BCUT2D eigenvalue weighted by Gasteiger charge is -2.28. The van der Waals surface area contributed by atoms with Gasteiger partial charge < -0.3 is 24.7 Å². The van der Waals surface area contributed by atoms with Gasteiger partial charge in [0, 0.05) is 34.3 Å². The Morgan fingerprint density at radius 2 is 1.31 bits per heavy atom. The van der Waals surface area contributed by atoms with Crippen LogP contribution in [0.4, 0.5) is 31.0 Å². The molecular formula is C38H45FN4O6. The van der Waals surface area contributed by atoms with E-state index >= 15 is 0 Å². The maximum absolute atomic E-state index is 14.8. The molecule has 0 aliphatic heterocycles. The van der Waals surface area contributed by atoms with Crippen molar-refractivity contribution in [2.45, 2.75) is 86.5 Å². The third kappa shape index (κ3) is 10.2. The molecule has 49 heavy (non-hydrogen) atoms. The van der Waals surface area contributed by atoms with Gasteiger partial charge >= 0.3 is 12.2 Å². The van der Waals surface area contributed by atoms with Crippen LogP contribution in [0.25, 0.3) is 10.9 Å². The number of aromatic nitrogens is 1. The van der Waals surface area contributed by atoms with Crippen LogP contribution in [0.2, 0.25) is 0 Å². The van der Waals surface area contributed by atoms with E-state index in [9.17, 15) is 23.6 Å². The van der Waals surface area contributed by atoms with E-state index in [-0.39, 0.29) is 29.2 Å². The van der Waals surface area contributed by atoms with Crippen molar-refractivity contribution < 1.29 is 33.0 Å². The fourth-order valence-corrected chi connectivity index (χ4v) is 4.98. The molecule has 4 aromatic rings. The Labute approximate surface area is 286 Å². The average Bonchev–Trinajstić information content (AvgIpc) is 3.30. The second-order valence-electron chi connectivity index (χ2n) is 15.1. The number of benzene rings is 3. The topological polar surface area (TPSA) is 119 Å². The molecule has 3 aromatic carbocycles. The summed E-state index contributed by atoms with van der Waals surface area (Å²) < 4.78 is 27.4. The molecule has 0 aliphatic rings. The van der Waals surface area contributed by atoms with Crippen molar-refractivity contribution in [1.29, 1.82) is 0 Å². The van der Waals surface area contributed by atoms with Gasteiger partial charge in [0.15, 0.2) is 0 Å². The summed E-state index contributed by atoms with van der Waals surface area (Å²) >= 11 is 0. The van der Waals surface area contributed by atoms with Crippen LogP contribution in [-0.4, -0.2) is 39.8 Å². The molecule has 4 amide bonds. The van der Waals surface area contributed by atoms with Crippen LogP contribution in [0.15, 0.2) is 72.8 Å². The van der Waals surface area contributed by atoms with Crippen LogP contribution in [0, 0.1) is 11.2 Å². The van der Waals surface area contributed by atoms with Gasteiger partial charge in [-0.2, -0.15) is 4.90 Å². The van der Waals surface area contributed by atoms with Gasteiger partial charge in [0.2, 0.25) is 5.91 Å². The average molecular weight is 673 g/mol. The summed E-state index contributed by atoms with van der Waals surface area (Å²) in [6, 6.07) is 19.4. The second kappa shape index (κ2) is 14.1. The third-order valence-corrected chi connectivity index (χ3v) is 6.93. The highest BCUT2D eigenvalue weighted by Crippen LogP contribution is 2.28. The first kappa shape index (κ1) is 36.6. The predicted molar refractivity (Wildman–Crippen MR) is 189 cm³/mol. The zero-order chi connectivity index (χ0) is 36.3. The molecule has 1 aromatic heterocycles. The lowest BCUT2D eigenvalue weighted by molar-refractivity contribution is -0.117. The van der Waals surface area contributed by atoms with Crippen LogP contribution in [-0.2, 0) is 20.8 Å². The first-order valence-corrected chi connectivity index (χ1v) is 16.0. The van der Waals surface area contributed by atoms with Gasteiger partial charge in [0.05, 0.1) is 12.2 Å². The normalized spacial score (nSPS) is 12.0. The third-order valence-electron chi connectivity index (χ3n) is 6.93. The van der Waals surface area contributed by atoms with Crippen LogP contribution in [0.3, 0.4) is 0 Å². The molecule has 0 aliphatic carbocycles. The van der Waals surface area contributed by atoms with Crippen molar-refractivity contribution in [3.63, 3.8) is 0 Å². The molecule has 0 saturated heterocycles. The molecule has 10 nitrogen and oxygen atoms in total. The highest BCUT2D eigenvalue weighted by atomic mass is 19.1. The number of nitrogens with zero attached hydrogens (tertiary/aromatic N) is 2. The fourth-order valence-electron chi connectivity index (χ4n) is 4.98. The molecule has 260 valence electrons. The fraction of sp³-hybridized carbons (Fsp3) is 0.368. The maximum Gasteiger partial charge on any atom is 0.424 e. The minimum atomic E-state index is -0.912. The smallest absolute Gasteiger partial charge is 0.424 e. The van der Waals surface area contributed by atoms with Gasteiger partial charge in [-0.25, -0.2) is 14.0 Å². The number of carbonyl (C=O) groups excluding carboxylic acids is 4. The van der Waals surface area contributed by atoms with Crippen molar-refractivity contribution in [1.82, 2.24) is 4.57 Å². The van der Waals surface area contributed by atoms with Crippen LogP contribution in [0.1, 0.15) is 84.8 Å². The highest BCUT2D eigenvalue weighted by Gasteiger charge is 2.32. The van der Waals surface area contributed by atoms with E-state index in [1.54, 1.807) is 101 Å². The number of carbonyl (C=O) groups is 4. The minimum Gasteiger partial charge on any atom is -0.443 e. The molecule has 1 heterocycles. The summed E-state index contributed by atoms with van der Waals surface area (Å²) in [7, 11) is 0. The Bertz CT molecular complexity index is 1830. The van der Waals surface area contributed by atoms with Crippen molar-refractivity contribution in [2.24, 2.45) is 5.41 Å². The molecule has 0 unspecified atom stereocenters. The number of rotatable bonds is 7. The Morgan fingerprint density at radius 1 is 0.735 bits per heavy atom. The number of hydrogen-bond acceptors (Lipinski definition) is 6. The Kier molecular flexibility index (Phi) is 10.6. The number of anilines is 3. The summed E-state index contributed by atoms with van der Waals surface area (Å²) in [5.41, 5.74) is 0.516. The van der Waals surface area contributed by atoms with Crippen LogP contribution in [0.5, 0.6) is 0 Å². The first-order valence-electron chi connectivity index (χ1n) is 16.0. The maximum atomic E-state index is 14.8. The quantitative estimate of drug-likeness (QED) is 0.202. The lowest BCUT2D eigenvalue weighted by atomic mass is 9.92. The van der Waals surface area contributed by atoms with Gasteiger partial charge in [-0.05, 0) is 102 Å². The van der Waals surface area contributed by atoms with Gasteiger partial charge in [0.25, 0.3) is 5.91 Å². The molecule has 0 radical (unpaired) electrons. The summed E-state index contributed by atoms with van der Waals surface area (Å²) in [6.07, 6.45) is -1.49. The van der Waals surface area contributed by atoms with E-state index in [0.717, 1.165) is 4.90 Å². The number of fused-ring (bicyclic) bond motifs is 1. The number of amides is 4. The largest absolute Gasteiger partial charge is 0.443 e. The molecule has 2 N–H and O–H groups in total. The molecular weight excluding hydrogens is 627 g/mol. The van der Waals surface area contributed by atoms with Crippen molar-refractivity contribution in [3.05, 3.63) is 89.9 Å². The molecule has 4 rings (SSSR count). The SMILES string of the molecule is CC(C)(C)CC(=O)Nc1ccc2c(c1)cc(C(=O)Nc1ccc(N(C(=O)OC(C)(C)C)C(=O)OC(C)(C)C)cc1)n2Cc1ccccc1F. The number of nitrogens with one attached hydrogen (secondary N) is 2. The van der Waals surface area contributed by atoms with E-state index in [1.807, 2.05) is 20.8 Å². The number of hydrogen-bond donors (Lipinski definition) is 2. The van der Waals surface area contributed by atoms with E-state index in [1.165, 1.54) is 18.2 Å². The van der Waals surface area contributed by atoms with E-state index in [0.29, 0.717) is 34.3 Å². The van der Waals surface area contributed by atoms with Crippen LogP contribution >= 0.6 is 0 Å². The summed E-state index contributed by atoms with van der Waals surface area (Å²) in [6.45, 7) is 16.1. The molecule has 11 heteroatoms. The minimum absolute atomic E-state index is 0.0777. The molecule has 0 spiro atoms. The zero-order valence-electron chi connectivity index (χ0n) is 29.6. The van der Waals surface area contributed by atoms with Gasteiger partial charge in [-0.15, -0.1) is 0 Å². The number of ether oxygens (including phenoxy) is 2. The number of halogens is 1. The molecule has 0 saturated carbocycles. The van der Waals surface area contributed by atoms with Gasteiger partial charge in [-0.3, -0.25) is 9.59 Å². The van der Waals surface area contributed by atoms with Crippen molar-refractivity contribution in [3.8, 4) is 0 Å². The number of imide groups is 1. The standard InChI is InChI=1S/C38H45FN4O6/c1-36(2,3)22-32(44)40-27-16-19-30-25(20-27)21-31(42(30)23-24-12-10-11-13-29(24)39)33(45)41-26-14-17-28(18-15-26)43(34(46)48-37(4,5)6)35(47)49-38(7,8)9/h10-21H,22-23H2,1-9H3,(H,40,44)(H,41,45). The van der Waals surface area contributed by atoms with E-state index in [2.05, 4.69) is 10.6 Å². The van der Waals surface area contributed by atoms with Gasteiger partial charge in [0.1, 0.15) is 22.7 Å². The van der Waals surface area contributed by atoms with Crippen LogP contribution < -0.4 is 15.5 Å². The van der Waals surface area contributed by atoms with Gasteiger partial charge in [-0.1, -0.05) is 39.0 Å². The highest BCUT2D eigenvalue weighted by molar-refractivity contribution is 6.10. The zero-order valence-corrected chi connectivity index (χ0v) is 29.6. The Balaban J connectivity index is 1.65. The van der Waals surface area contributed by atoms with Crippen molar-refractivity contribution in [2.75, 3.05) is 15.5 Å². The summed E-state index contributed by atoms with van der Waals surface area (Å²) in [4.78, 5) is 53.3. The Morgan fingerprint density at radius 3 is 1.86 bits per heavy atom. The first-order chi connectivity index (χ1) is 22.7. The summed E-state index contributed by atoms with van der Waals surface area (Å²) in [5, 5.41) is 6.46. The predicted octanol–water partition coefficient (Wildman–Crippen LogP) is 9.13. The monoisotopic (exact) mass is 672 g/mol. The molecule has 0 atom stereocenters. The Hall–Kier alpha value is -5.19. The van der Waals surface area contributed by atoms with E-state index in [4.69, 9.17) is 9.47 Å². The van der Waals surface area contributed by atoms with E-state index < -0.39 is 35.1 Å². The summed E-state index contributed by atoms with van der Waals surface area (Å²) in [5.74, 6) is -1.01.